The molecule has 0 radical (unpaired) electrons. The number of phenols is 1. The number of benzene rings is 3. The molecule has 26 heavy (non-hydrogen) atoms. The zero-order valence-electron chi connectivity index (χ0n) is 14.1. The third-order valence-corrected chi connectivity index (χ3v) is 4.46. The Morgan fingerprint density at radius 1 is 1.00 bits per heavy atom. The molecule has 0 spiro atoms. The lowest BCUT2D eigenvalue weighted by molar-refractivity contribution is 0.306. The first kappa shape index (κ1) is 16.2. The predicted molar refractivity (Wildman–Crippen MR) is 102 cm³/mol. The van der Waals surface area contributed by atoms with Crippen molar-refractivity contribution >= 4 is 12.0 Å². The number of rotatable bonds is 4. The summed E-state index contributed by atoms with van der Waals surface area (Å²) in [5, 5.41) is 12.9. The van der Waals surface area contributed by atoms with Crippen LogP contribution in [0.3, 0.4) is 0 Å². The lowest BCUT2D eigenvalue weighted by atomic mass is 9.89. The minimum atomic E-state index is -0.965. The second kappa shape index (κ2) is 6.54. The van der Waals surface area contributed by atoms with Gasteiger partial charge in [-0.15, -0.1) is 0 Å². The smallest absolute Gasteiger partial charge is 0.141 e. The summed E-state index contributed by atoms with van der Waals surface area (Å²) in [6.45, 7) is 0.509. The highest BCUT2D eigenvalue weighted by Gasteiger charge is 2.33. The van der Waals surface area contributed by atoms with Crippen LogP contribution in [-0.4, -0.2) is 11.4 Å². The van der Waals surface area contributed by atoms with Crippen molar-refractivity contribution in [1.29, 1.82) is 0 Å². The molecule has 3 aromatic rings. The Morgan fingerprint density at radius 2 is 1.77 bits per heavy atom. The average molecular weight is 345 g/mol. The van der Waals surface area contributed by atoms with Crippen molar-refractivity contribution in [3.8, 4) is 11.5 Å². The van der Waals surface area contributed by atoms with E-state index in [9.17, 15) is 5.11 Å². The van der Waals surface area contributed by atoms with E-state index in [2.05, 4.69) is 10.3 Å². The molecular weight excluding hydrogens is 326 g/mol. The van der Waals surface area contributed by atoms with E-state index in [4.69, 9.17) is 10.5 Å². The van der Waals surface area contributed by atoms with E-state index in [-0.39, 0.29) is 5.75 Å². The zero-order chi connectivity index (χ0) is 18.0. The van der Waals surface area contributed by atoms with E-state index in [1.807, 2.05) is 54.6 Å². The number of aromatic hydroxyl groups is 1. The molecule has 1 heterocycles. The van der Waals surface area contributed by atoms with Crippen molar-refractivity contribution < 1.29 is 9.84 Å². The molecule has 1 atom stereocenters. The summed E-state index contributed by atoms with van der Waals surface area (Å²) < 4.78 is 5.83. The summed E-state index contributed by atoms with van der Waals surface area (Å²) in [7, 11) is 0. The first-order valence-corrected chi connectivity index (χ1v) is 8.35. The maximum atomic E-state index is 9.83. The highest BCUT2D eigenvalue weighted by Crippen LogP contribution is 2.36. The minimum Gasteiger partial charge on any atom is -0.508 e. The van der Waals surface area contributed by atoms with Gasteiger partial charge in [-0.05, 0) is 41.5 Å². The Kier molecular flexibility index (Phi) is 4.07. The van der Waals surface area contributed by atoms with Gasteiger partial charge in [-0.3, -0.25) is 0 Å². The largest absolute Gasteiger partial charge is 0.508 e. The summed E-state index contributed by atoms with van der Waals surface area (Å²) in [6, 6.07) is 22.6. The minimum absolute atomic E-state index is 0.153. The Bertz CT molecular complexity index is 939. The van der Waals surface area contributed by atoms with Gasteiger partial charge in [0.15, 0.2) is 0 Å². The van der Waals surface area contributed by atoms with Crippen molar-refractivity contribution in [1.82, 2.24) is 5.32 Å². The van der Waals surface area contributed by atoms with E-state index in [0.29, 0.717) is 6.61 Å². The van der Waals surface area contributed by atoms with Crippen molar-refractivity contribution in [2.24, 2.45) is 10.7 Å². The molecule has 0 aliphatic carbocycles. The molecule has 3 aromatic carbocycles. The number of hydrogen-bond donors (Lipinski definition) is 3. The molecule has 0 bridgehead atoms. The number of nitrogens with zero attached hydrogens (tertiary/aromatic N) is 1. The maximum Gasteiger partial charge on any atom is 0.141 e. The van der Waals surface area contributed by atoms with Gasteiger partial charge >= 0.3 is 0 Å². The Hall–Kier alpha value is -3.31. The summed E-state index contributed by atoms with van der Waals surface area (Å²) in [5.41, 5.74) is 9.07. The van der Waals surface area contributed by atoms with Crippen LogP contribution in [0.4, 0.5) is 5.69 Å². The highest BCUT2D eigenvalue weighted by atomic mass is 16.5. The molecule has 0 aromatic heterocycles. The third kappa shape index (κ3) is 3.00. The van der Waals surface area contributed by atoms with Gasteiger partial charge in [0.2, 0.25) is 0 Å². The fourth-order valence-corrected chi connectivity index (χ4v) is 3.03. The van der Waals surface area contributed by atoms with Crippen LogP contribution in [0.5, 0.6) is 11.5 Å². The molecule has 1 unspecified atom stereocenters. The summed E-state index contributed by atoms with van der Waals surface area (Å²) in [4.78, 5) is 4.28. The molecular formula is C21H19N3O2. The summed E-state index contributed by atoms with van der Waals surface area (Å²) >= 11 is 0. The van der Waals surface area contributed by atoms with E-state index >= 15 is 0 Å². The molecule has 0 amide bonds. The Balaban J connectivity index is 1.57. The van der Waals surface area contributed by atoms with Gasteiger partial charge in [0.25, 0.3) is 0 Å². The van der Waals surface area contributed by atoms with Gasteiger partial charge in [-0.25, -0.2) is 4.99 Å². The fraction of sp³-hybridized carbons (Fsp3) is 0.0952. The van der Waals surface area contributed by atoms with Gasteiger partial charge in [0.05, 0.1) is 12.0 Å². The number of ether oxygens (including phenoxy) is 1. The Labute approximate surface area is 151 Å². The van der Waals surface area contributed by atoms with Crippen LogP contribution in [-0.2, 0) is 12.3 Å². The summed E-state index contributed by atoms with van der Waals surface area (Å²) in [6.07, 6.45) is 1.58. The van der Waals surface area contributed by atoms with Crippen LogP contribution in [0, 0.1) is 0 Å². The van der Waals surface area contributed by atoms with Crippen molar-refractivity contribution in [3.05, 3.63) is 89.5 Å². The van der Waals surface area contributed by atoms with Crippen molar-refractivity contribution in [2.45, 2.75) is 12.3 Å². The van der Waals surface area contributed by atoms with Crippen molar-refractivity contribution in [3.63, 3.8) is 0 Å². The first-order chi connectivity index (χ1) is 12.6. The van der Waals surface area contributed by atoms with Crippen LogP contribution >= 0.6 is 0 Å². The normalized spacial score (nSPS) is 18.0. The summed E-state index contributed by atoms with van der Waals surface area (Å²) in [5.74, 6) is 0.919. The maximum absolute atomic E-state index is 9.83. The molecule has 0 saturated heterocycles. The number of nitrogens with one attached hydrogen (secondary N) is 1. The first-order valence-electron chi connectivity index (χ1n) is 8.35. The van der Waals surface area contributed by atoms with Gasteiger partial charge in [0.1, 0.15) is 23.8 Å². The van der Waals surface area contributed by atoms with Crippen LogP contribution in [0.1, 0.15) is 16.7 Å². The number of aliphatic imine (C=N–C) groups is 1. The van der Waals surface area contributed by atoms with E-state index in [1.165, 1.54) is 0 Å². The molecule has 1 aliphatic heterocycles. The van der Waals surface area contributed by atoms with Gasteiger partial charge in [-0.2, -0.15) is 0 Å². The fourth-order valence-electron chi connectivity index (χ4n) is 3.03. The predicted octanol–water partition coefficient (Wildman–Crippen LogP) is 3.39. The van der Waals surface area contributed by atoms with Gasteiger partial charge in [0, 0.05) is 5.56 Å². The monoisotopic (exact) mass is 345 g/mol. The zero-order valence-corrected chi connectivity index (χ0v) is 14.1. The van der Waals surface area contributed by atoms with Crippen LogP contribution < -0.4 is 15.8 Å². The van der Waals surface area contributed by atoms with Gasteiger partial charge < -0.3 is 20.9 Å². The van der Waals surface area contributed by atoms with Crippen LogP contribution in [0.25, 0.3) is 0 Å². The van der Waals surface area contributed by atoms with E-state index < -0.39 is 5.66 Å². The average Bonchev–Trinajstić information content (AvgIpc) is 2.68. The molecule has 130 valence electrons. The Morgan fingerprint density at radius 3 is 2.54 bits per heavy atom. The molecule has 0 saturated carbocycles. The number of nitrogens with two attached hydrogens (primary N) is 1. The molecule has 1 aliphatic rings. The van der Waals surface area contributed by atoms with Crippen molar-refractivity contribution in [2.75, 3.05) is 0 Å². The lowest BCUT2D eigenvalue weighted by Crippen LogP contribution is -2.52. The molecule has 4 rings (SSSR count). The van der Waals surface area contributed by atoms with Crippen LogP contribution in [0.2, 0.25) is 0 Å². The molecule has 4 N–H and O–H groups in total. The van der Waals surface area contributed by atoms with E-state index in [0.717, 1.165) is 28.1 Å². The second-order valence-electron chi connectivity index (χ2n) is 6.21. The molecule has 5 heteroatoms. The number of hydrogen-bond acceptors (Lipinski definition) is 5. The standard InChI is InChI=1S/C21H19N3O2/c22-21(19-12-17(25)8-11-20(19)23-14-24-21)16-6-9-18(10-7-16)26-13-15-4-2-1-3-5-15/h1-12,14,25H,13,22H2,(H,23,24). The molecule has 5 nitrogen and oxygen atoms in total. The van der Waals surface area contributed by atoms with Crippen LogP contribution in [0.15, 0.2) is 77.8 Å². The third-order valence-electron chi connectivity index (χ3n) is 4.46. The molecule has 0 fully saturated rings. The lowest BCUT2D eigenvalue weighted by Gasteiger charge is -2.34. The van der Waals surface area contributed by atoms with E-state index in [1.54, 1.807) is 24.5 Å². The quantitative estimate of drug-likeness (QED) is 0.677. The SMILES string of the molecule is NC1(c2ccc(OCc3ccccc3)cc2)NC=Nc2ccc(O)cc21. The number of phenolic OH excluding ortho intramolecular Hbond substituents is 1. The second-order valence-corrected chi connectivity index (χ2v) is 6.21. The topological polar surface area (TPSA) is 79.9 Å². The van der Waals surface area contributed by atoms with Gasteiger partial charge in [-0.1, -0.05) is 42.5 Å². The number of fused-ring (bicyclic) bond motifs is 1. The highest BCUT2D eigenvalue weighted by molar-refractivity contribution is 5.72.